The van der Waals surface area contributed by atoms with E-state index in [1.165, 1.54) is 16.4 Å². The molecular formula is C16H18ClN3O3S. The highest BCUT2D eigenvalue weighted by Gasteiger charge is 2.30. The van der Waals surface area contributed by atoms with Crippen LogP contribution < -0.4 is 0 Å². The molecule has 3 rings (SSSR count). The average molecular weight is 368 g/mol. The van der Waals surface area contributed by atoms with Crippen LogP contribution in [0.15, 0.2) is 47.6 Å². The van der Waals surface area contributed by atoms with Gasteiger partial charge < -0.3 is 9.47 Å². The van der Waals surface area contributed by atoms with Crippen molar-refractivity contribution in [1.29, 1.82) is 0 Å². The summed E-state index contributed by atoms with van der Waals surface area (Å²) < 4.78 is 28.5. The summed E-state index contributed by atoms with van der Waals surface area (Å²) in [5, 5.41) is 0.383. The predicted octanol–water partition coefficient (Wildman–Crippen LogP) is 1.83. The highest BCUT2D eigenvalue weighted by Crippen LogP contribution is 2.21. The number of halogens is 1. The number of sulfonamides is 1. The first kappa shape index (κ1) is 17.0. The molecule has 2 aromatic rings. The van der Waals surface area contributed by atoms with Crippen LogP contribution in [0.1, 0.15) is 10.4 Å². The monoisotopic (exact) mass is 367 g/mol. The SMILES string of the molecule is Cn1ccc(C(=O)N2CCN(S(=O)(=O)c3cccc(Cl)c3)CC2)c1. The Labute approximate surface area is 146 Å². The van der Waals surface area contributed by atoms with Crippen molar-refractivity contribution in [1.82, 2.24) is 13.8 Å². The number of aromatic nitrogens is 1. The van der Waals surface area contributed by atoms with Crippen LogP contribution >= 0.6 is 11.6 Å². The molecule has 1 aliphatic heterocycles. The molecule has 1 aromatic carbocycles. The van der Waals surface area contributed by atoms with Crippen LogP contribution in [-0.4, -0.2) is 54.3 Å². The summed E-state index contributed by atoms with van der Waals surface area (Å²) >= 11 is 5.89. The summed E-state index contributed by atoms with van der Waals surface area (Å²) in [6.45, 7) is 1.28. The number of carbonyl (C=O) groups is 1. The molecule has 0 saturated carbocycles. The number of rotatable bonds is 3. The van der Waals surface area contributed by atoms with Gasteiger partial charge in [-0.2, -0.15) is 4.31 Å². The highest BCUT2D eigenvalue weighted by molar-refractivity contribution is 7.89. The third-order valence-electron chi connectivity index (χ3n) is 4.04. The molecule has 0 bridgehead atoms. The van der Waals surface area contributed by atoms with Gasteiger partial charge in [0.05, 0.1) is 10.5 Å². The first-order valence-electron chi connectivity index (χ1n) is 7.55. The summed E-state index contributed by atoms with van der Waals surface area (Å²) in [6, 6.07) is 7.99. The van der Waals surface area contributed by atoms with E-state index in [1.807, 2.05) is 17.8 Å². The number of hydrogen-bond donors (Lipinski definition) is 0. The largest absolute Gasteiger partial charge is 0.356 e. The van der Waals surface area contributed by atoms with Crippen molar-refractivity contribution < 1.29 is 13.2 Å². The van der Waals surface area contributed by atoms with Crippen LogP contribution in [-0.2, 0) is 17.1 Å². The van der Waals surface area contributed by atoms with Crippen molar-refractivity contribution in [2.45, 2.75) is 4.90 Å². The van der Waals surface area contributed by atoms with Gasteiger partial charge in [0.25, 0.3) is 5.91 Å². The van der Waals surface area contributed by atoms with Gasteiger partial charge in [-0.1, -0.05) is 17.7 Å². The fraction of sp³-hybridized carbons (Fsp3) is 0.312. The van der Waals surface area contributed by atoms with Gasteiger partial charge in [-0.25, -0.2) is 8.42 Å². The molecule has 1 fully saturated rings. The molecule has 24 heavy (non-hydrogen) atoms. The van der Waals surface area contributed by atoms with Gasteiger partial charge in [0.1, 0.15) is 0 Å². The Morgan fingerprint density at radius 3 is 2.42 bits per heavy atom. The topological polar surface area (TPSA) is 62.6 Å². The van der Waals surface area contributed by atoms with Crippen molar-refractivity contribution >= 4 is 27.5 Å². The maximum Gasteiger partial charge on any atom is 0.255 e. The third-order valence-corrected chi connectivity index (χ3v) is 6.17. The fourth-order valence-electron chi connectivity index (χ4n) is 2.72. The molecular weight excluding hydrogens is 350 g/mol. The molecule has 0 atom stereocenters. The number of hydrogen-bond acceptors (Lipinski definition) is 3. The lowest BCUT2D eigenvalue weighted by Crippen LogP contribution is -2.50. The Morgan fingerprint density at radius 1 is 1.12 bits per heavy atom. The van der Waals surface area contributed by atoms with Crippen LogP contribution in [0.5, 0.6) is 0 Å². The number of benzene rings is 1. The van der Waals surface area contributed by atoms with Crippen molar-refractivity contribution in [2.24, 2.45) is 7.05 Å². The molecule has 0 aliphatic carbocycles. The second-order valence-corrected chi connectivity index (χ2v) is 8.09. The van der Waals surface area contributed by atoms with E-state index in [0.717, 1.165) is 0 Å². The standard InChI is InChI=1S/C16H18ClN3O3S/c1-18-6-5-13(12-18)16(21)19-7-9-20(10-8-19)24(22,23)15-4-2-3-14(17)11-15/h2-6,11-12H,7-10H2,1H3. The second-order valence-electron chi connectivity index (χ2n) is 5.72. The van der Waals surface area contributed by atoms with E-state index >= 15 is 0 Å². The zero-order chi connectivity index (χ0) is 17.3. The van der Waals surface area contributed by atoms with E-state index in [1.54, 1.807) is 29.3 Å². The molecule has 1 amide bonds. The minimum absolute atomic E-state index is 0.0737. The quantitative estimate of drug-likeness (QED) is 0.831. The van der Waals surface area contributed by atoms with E-state index in [0.29, 0.717) is 23.7 Å². The molecule has 1 aromatic heterocycles. The Hall–Kier alpha value is -1.83. The molecule has 0 spiro atoms. The van der Waals surface area contributed by atoms with Gasteiger partial charge in [0, 0.05) is 50.6 Å². The van der Waals surface area contributed by atoms with Crippen LogP contribution in [0.2, 0.25) is 5.02 Å². The van der Waals surface area contributed by atoms with Crippen molar-refractivity contribution in [3.8, 4) is 0 Å². The lowest BCUT2D eigenvalue weighted by atomic mass is 10.2. The van der Waals surface area contributed by atoms with Gasteiger partial charge >= 0.3 is 0 Å². The minimum atomic E-state index is -3.59. The highest BCUT2D eigenvalue weighted by atomic mass is 35.5. The zero-order valence-corrected chi connectivity index (χ0v) is 14.8. The van der Waals surface area contributed by atoms with E-state index in [-0.39, 0.29) is 23.9 Å². The second kappa shape index (κ2) is 6.58. The van der Waals surface area contributed by atoms with Crippen LogP contribution in [0.4, 0.5) is 0 Å². The first-order chi connectivity index (χ1) is 11.4. The molecule has 1 aliphatic rings. The van der Waals surface area contributed by atoms with E-state index in [9.17, 15) is 13.2 Å². The molecule has 128 valence electrons. The lowest BCUT2D eigenvalue weighted by Gasteiger charge is -2.33. The fourth-order valence-corrected chi connectivity index (χ4v) is 4.44. The van der Waals surface area contributed by atoms with Gasteiger partial charge in [0.15, 0.2) is 0 Å². The van der Waals surface area contributed by atoms with Crippen LogP contribution in [0.25, 0.3) is 0 Å². The van der Waals surface area contributed by atoms with Crippen LogP contribution in [0, 0.1) is 0 Å². The lowest BCUT2D eigenvalue weighted by molar-refractivity contribution is 0.0698. The van der Waals surface area contributed by atoms with Gasteiger partial charge in [-0.3, -0.25) is 4.79 Å². The zero-order valence-electron chi connectivity index (χ0n) is 13.2. The van der Waals surface area contributed by atoms with Crippen molar-refractivity contribution in [2.75, 3.05) is 26.2 Å². The molecule has 0 N–H and O–H groups in total. The van der Waals surface area contributed by atoms with E-state index in [4.69, 9.17) is 11.6 Å². The van der Waals surface area contributed by atoms with Crippen LogP contribution in [0.3, 0.4) is 0 Å². The number of piperazine rings is 1. The Morgan fingerprint density at radius 2 is 1.83 bits per heavy atom. The summed E-state index contributed by atoms with van der Waals surface area (Å²) in [5.74, 6) is -0.0737. The predicted molar refractivity (Wildman–Crippen MR) is 91.5 cm³/mol. The number of aryl methyl sites for hydroxylation is 1. The van der Waals surface area contributed by atoms with E-state index < -0.39 is 10.0 Å². The van der Waals surface area contributed by atoms with Gasteiger partial charge in [-0.05, 0) is 24.3 Å². The summed E-state index contributed by atoms with van der Waals surface area (Å²) in [6.07, 6.45) is 3.57. The Balaban J connectivity index is 1.69. The molecule has 0 unspecified atom stereocenters. The van der Waals surface area contributed by atoms with Gasteiger partial charge in [-0.15, -0.1) is 0 Å². The number of carbonyl (C=O) groups excluding carboxylic acids is 1. The van der Waals surface area contributed by atoms with E-state index in [2.05, 4.69) is 0 Å². The maximum absolute atomic E-state index is 12.6. The maximum atomic E-state index is 12.6. The number of nitrogens with zero attached hydrogens (tertiary/aromatic N) is 3. The first-order valence-corrected chi connectivity index (χ1v) is 9.37. The van der Waals surface area contributed by atoms with Crippen molar-refractivity contribution in [3.63, 3.8) is 0 Å². The summed E-state index contributed by atoms with van der Waals surface area (Å²) in [7, 11) is -1.73. The normalized spacial score (nSPS) is 16.3. The Bertz CT molecular complexity index is 855. The molecule has 6 nitrogen and oxygen atoms in total. The third kappa shape index (κ3) is 3.33. The average Bonchev–Trinajstić information content (AvgIpc) is 3.01. The summed E-state index contributed by atoms with van der Waals surface area (Å²) in [4.78, 5) is 14.3. The van der Waals surface area contributed by atoms with Crippen molar-refractivity contribution in [3.05, 3.63) is 53.3 Å². The summed E-state index contributed by atoms with van der Waals surface area (Å²) in [5.41, 5.74) is 0.614. The Kier molecular flexibility index (Phi) is 4.67. The molecule has 2 heterocycles. The van der Waals surface area contributed by atoms with Gasteiger partial charge in [0.2, 0.25) is 10.0 Å². The minimum Gasteiger partial charge on any atom is -0.356 e. The number of amides is 1. The molecule has 0 radical (unpaired) electrons. The smallest absolute Gasteiger partial charge is 0.255 e. The molecule has 1 saturated heterocycles. The molecule has 8 heteroatoms.